The van der Waals surface area contributed by atoms with E-state index in [1.165, 1.54) is 23.8 Å². The van der Waals surface area contributed by atoms with E-state index < -0.39 is 5.97 Å². The standard InChI is InChI=1S/C12H9ClN4O4/c1-20-5-7-3-9(16-21-7)11-15-14-10-8(13)2-6(12(18)19)4-17(10)11/h2-4H,5H2,1H3,(H,18,19). The Balaban J connectivity index is 2.15. The van der Waals surface area contributed by atoms with Crippen molar-refractivity contribution in [3.63, 3.8) is 0 Å². The Morgan fingerprint density at radius 2 is 2.29 bits per heavy atom. The van der Waals surface area contributed by atoms with Crippen molar-refractivity contribution in [1.29, 1.82) is 0 Å². The highest BCUT2D eigenvalue weighted by Gasteiger charge is 2.17. The van der Waals surface area contributed by atoms with E-state index in [2.05, 4.69) is 15.4 Å². The van der Waals surface area contributed by atoms with Crippen molar-refractivity contribution >= 4 is 23.2 Å². The van der Waals surface area contributed by atoms with E-state index in [1.807, 2.05) is 0 Å². The Labute approximate surface area is 122 Å². The Morgan fingerprint density at radius 3 is 3.00 bits per heavy atom. The fourth-order valence-corrected chi connectivity index (χ4v) is 2.12. The maximum Gasteiger partial charge on any atom is 0.337 e. The molecule has 3 heterocycles. The predicted molar refractivity (Wildman–Crippen MR) is 71.2 cm³/mol. The van der Waals surface area contributed by atoms with Gasteiger partial charge in [0.05, 0.1) is 10.6 Å². The van der Waals surface area contributed by atoms with Crippen LogP contribution in [0, 0.1) is 0 Å². The Morgan fingerprint density at radius 1 is 1.48 bits per heavy atom. The monoisotopic (exact) mass is 308 g/mol. The molecule has 8 nitrogen and oxygen atoms in total. The van der Waals surface area contributed by atoms with Crippen LogP contribution in [-0.2, 0) is 11.3 Å². The Bertz CT molecular complexity index is 826. The number of rotatable bonds is 4. The number of fused-ring (bicyclic) bond motifs is 1. The molecule has 0 radical (unpaired) electrons. The summed E-state index contributed by atoms with van der Waals surface area (Å²) in [7, 11) is 1.54. The lowest BCUT2D eigenvalue weighted by atomic mass is 10.3. The van der Waals surface area contributed by atoms with Crippen LogP contribution in [0.4, 0.5) is 0 Å². The minimum Gasteiger partial charge on any atom is -0.478 e. The first-order valence-electron chi connectivity index (χ1n) is 5.82. The van der Waals surface area contributed by atoms with Gasteiger partial charge in [0.2, 0.25) is 0 Å². The summed E-state index contributed by atoms with van der Waals surface area (Å²) in [6.45, 7) is 0.269. The number of halogens is 1. The number of carboxylic acid groups (broad SMARTS) is 1. The van der Waals surface area contributed by atoms with Crippen LogP contribution in [-0.4, -0.2) is 37.9 Å². The molecule has 0 bridgehead atoms. The zero-order valence-electron chi connectivity index (χ0n) is 10.8. The largest absolute Gasteiger partial charge is 0.478 e. The van der Waals surface area contributed by atoms with Gasteiger partial charge < -0.3 is 14.4 Å². The second kappa shape index (κ2) is 5.15. The molecule has 0 aliphatic heterocycles. The lowest BCUT2D eigenvalue weighted by molar-refractivity contribution is 0.0696. The topological polar surface area (TPSA) is 103 Å². The van der Waals surface area contributed by atoms with Crippen molar-refractivity contribution < 1.29 is 19.2 Å². The van der Waals surface area contributed by atoms with Crippen LogP contribution in [0.1, 0.15) is 16.1 Å². The summed E-state index contributed by atoms with van der Waals surface area (Å²) in [4.78, 5) is 11.1. The van der Waals surface area contributed by atoms with E-state index in [0.717, 1.165) is 0 Å². The van der Waals surface area contributed by atoms with E-state index in [1.54, 1.807) is 6.07 Å². The maximum atomic E-state index is 11.1. The highest BCUT2D eigenvalue weighted by atomic mass is 35.5. The molecular formula is C12H9ClN4O4. The van der Waals surface area contributed by atoms with E-state index in [0.29, 0.717) is 22.9 Å². The summed E-state index contributed by atoms with van der Waals surface area (Å²) >= 11 is 6.01. The van der Waals surface area contributed by atoms with Gasteiger partial charge >= 0.3 is 5.97 Å². The molecule has 1 N–H and O–H groups in total. The molecule has 0 aliphatic carbocycles. The molecular weight excluding hydrogens is 300 g/mol. The first-order valence-corrected chi connectivity index (χ1v) is 6.20. The molecule has 0 saturated heterocycles. The summed E-state index contributed by atoms with van der Waals surface area (Å²) in [5, 5.41) is 21.0. The van der Waals surface area contributed by atoms with Gasteiger partial charge in [0.25, 0.3) is 0 Å². The van der Waals surface area contributed by atoms with Crippen LogP contribution in [0.25, 0.3) is 17.2 Å². The average Bonchev–Trinajstić information content (AvgIpc) is 3.05. The van der Waals surface area contributed by atoms with Crippen molar-refractivity contribution in [3.05, 3.63) is 34.7 Å². The lowest BCUT2D eigenvalue weighted by Crippen LogP contribution is -2.00. The van der Waals surface area contributed by atoms with Crippen molar-refractivity contribution in [1.82, 2.24) is 19.8 Å². The highest BCUT2D eigenvalue weighted by molar-refractivity contribution is 6.33. The predicted octanol–water partition coefficient (Wildman–Crippen LogP) is 1.88. The molecule has 9 heteroatoms. The number of nitrogens with zero attached hydrogens (tertiary/aromatic N) is 4. The van der Waals surface area contributed by atoms with Crippen molar-refractivity contribution in [2.75, 3.05) is 7.11 Å². The molecule has 108 valence electrons. The molecule has 0 unspecified atom stereocenters. The first kappa shape index (κ1) is 13.5. The number of aromatic nitrogens is 4. The number of pyridine rings is 1. The molecule has 21 heavy (non-hydrogen) atoms. The minimum atomic E-state index is -1.10. The summed E-state index contributed by atoms with van der Waals surface area (Å²) in [6.07, 6.45) is 1.38. The number of carboxylic acids is 1. The molecule has 3 aromatic heterocycles. The molecule has 3 aromatic rings. The van der Waals surface area contributed by atoms with Crippen LogP contribution in [0.2, 0.25) is 5.02 Å². The maximum absolute atomic E-state index is 11.1. The molecule has 0 aromatic carbocycles. The molecule has 3 rings (SSSR count). The number of methoxy groups -OCH3 is 1. The lowest BCUT2D eigenvalue weighted by Gasteiger charge is -2.00. The van der Waals surface area contributed by atoms with Gasteiger partial charge in [-0.25, -0.2) is 4.79 Å². The van der Waals surface area contributed by atoms with Gasteiger partial charge in [-0.05, 0) is 6.07 Å². The van der Waals surface area contributed by atoms with Crippen LogP contribution in [0.15, 0.2) is 22.9 Å². The fourth-order valence-electron chi connectivity index (χ4n) is 1.87. The molecule has 0 aliphatic rings. The van der Waals surface area contributed by atoms with Gasteiger partial charge in [-0.2, -0.15) is 0 Å². The van der Waals surface area contributed by atoms with Crippen LogP contribution >= 0.6 is 11.6 Å². The first-order chi connectivity index (χ1) is 10.1. The second-order valence-corrected chi connectivity index (χ2v) is 4.62. The Hall–Kier alpha value is -2.45. The van der Waals surface area contributed by atoms with Crippen LogP contribution < -0.4 is 0 Å². The molecule has 0 saturated carbocycles. The molecule has 0 amide bonds. The number of carbonyl (C=O) groups is 1. The number of hydrogen-bond acceptors (Lipinski definition) is 6. The summed E-state index contributed by atoms with van der Waals surface area (Å²) < 4.78 is 11.5. The molecule has 0 fully saturated rings. The van der Waals surface area contributed by atoms with Gasteiger partial charge in [0, 0.05) is 19.4 Å². The Kier molecular flexibility index (Phi) is 3.32. The average molecular weight is 309 g/mol. The van der Waals surface area contributed by atoms with Gasteiger partial charge in [0.15, 0.2) is 22.9 Å². The smallest absolute Gasteiger partial charge is 0.337 e. The summed E-state index contributed by atoms with van der Waals surface area (Å²) in [5.41, 5.74) is 0.773. The van der Waals surface area contributed by atoms with Crippen LogP contribution in [0.5, 0.6) is 0 Å². The van der Waals surface area contributed by atoms with Crippen molar-refractivity contribution in [2.24, 2.45) is 0 Å². The number of ether oxygens (including phenoxy) is 1. The zero-order valence-corrected chi connectivity index (χ0v) is 11.5. The number of aromatic carboxylic acids is 1. The summed E-state index contributed by atoms with van der Waals surface area (Å²) in [6, 6.07) is 2.96. The third kappa shape index (κ3) is 2.34. The molecule has 0 spiro atoms. The van der Waals surface area contributed by atoms with Crippen molar-refractivity contribution in [2.45, 2.75) is 6.61 Å². The zero-order chi connectivity index (χ0) is 15.0. The van der Waals surface area contributed by atoms with Gasteiger partial charge in [-0.1, -0.05) is 16.8 Å². The second-order valence-electron chi connectivity index (χ2n) is 4.21. The normalized spacial score (nSPS) is 11.1. The van der Waals surface area contributed by atoms with Crippen molar-refractivity contribution in [3.8, 4) is 11.5 Å². The van der Waals surface area contributed by atoms with E-state index in [-0.39, 0.29) is 17.2 Å². The molecule has 0 atom stereocenters. The quantitative estimate of drug-likeness (QED) is 0.784. The third-order valence-electron chi connectivity index (χ3n) is 2.78. The third-order valence-corrected chi connectivity index (χ3v) is 3.06. The van der Waals surface area contributed by atoms with Gasteiger partial charge in [-0.3, -0.25) is 4.40 Å². The van der Waals surface area contributed by atoms with Gasteiger partial charge in [0.1, 0.15) is 6.61 Å². The fraction of sp³-hybridized carbons (Fsp3) is 0.167. The number of hydrogen-bond donors (Lipinski definition) is 1. The van der Waals surface area contributed by atoms with E-state index in [4.69, 9.17) is 26.0 Å². The van der Waals surface area contributed by atoms with E-state index in [9.17, 15) is 4.79 Å². The van der Waals surface area contributed by atoms with E-state index >= 15 is 0 Å². The SMILES string of the molecule is COCc1cc(-c2nnc3c(Cl)cc(C(=O)O)cn23)no1. The highest BCUT2D eigenvalue weighted by Crippen LogP contribution is 2.24. The summed E-state index contributed by atoms with van der Waals surface area (Å²) in [5.74, 6) is -0.246. The van der Waals surface area contributed by atoms with Crippen LogP contribution in [0.3, 0.4) is 0 Å². The van der Waals surface area contributed by atoms with Gasteiger partial charge in [-0.15, -0.1) is 10.2 Å². The minimum absolute atomic E-state index is 0.0224.